The van der Waals surface area contributed by atoms with E-state index in [2.05, 4.69) is 24.4 Å². The molecule has 33 heavy (non-hydrogen) atoms. The summed E-state index contributed by atoms with van der Waals surface area (Å²) < 4.78 is 13.0. The molecular formula is C26H23N3O3S. The third kappa shape index (κ3) is 4.73. The van der Waals surface area contributed by atoms with E-state index in [0.29, 0.717) is 5.75 Å². The molecular weight excluding hydrogens is 434 g/mol. The summed E-state index contributed by atoms with van der Waals surface area (Å²) in [6, 6.07) is 21.8. The Bertz CT molecular complexity index is 1330. The summed E-state index contributed by atoms with van der Waals surface area (Å²) in [5.74, 6) is 1.62. The maximum absolute atomic E-state index is 12.6. The second-order valence-corrected chi connectivity index (χ2v) is 8.83. The number of rotatable bonds is 6. The average molecular weight is 458 g/mol. The van der Waals surface area contributed by atoms with Gasteiger partial charge in [0.1, 0.15) is 0 Å². The van der Waals surface area contributed by atoms with Crippen LogP contribution in [-0.4, -0.2) is 28.0 Å². The van der Waals surface area contributed by atoms with E-state index in [4.69, 9.17) is 14.5 Å². The van der Waals surface area contributed by atoms with Crippen molar-refractivity contribution in [2.75, 3.05) is 17.9 Å². The Balaban J connectivity index is 1.42. The third-order valence-electron chi connectivity index (χ3n) is 5.26. The molecule has 1 N–H and O–H groups in total. The van der Waals surface area contributed by atoms with Crippen molar-refractivity contribution in [1.82, 2.24) is 9.55 Å². The number of hydrogen-bond donors (Lipinski definition) is 1. The minimum absolute atomic E-state index is 0.0750. The normalized spacial score (nSPS) is 12.1. The van der Waals surface area contributed by atoms with Crippen LogP contribution in [-0.2, 0) is 4.79 Å². The molecule has 1 amide bonds. The first kappa shape index (κ1) is 21.2. The number of nitrogens with zero attached hydrogens (tertiary/aromatic N) is 2. The van der Waals surface area contributed by atoms with Crippen LogP contribution in [0.4, 0.5) is 5.69 Å². The van der Waals surface area contributed by atoms with Crippen LogP contribution in [0.25, 0.3) is 16.9 Å². The second-order valence-electron chi connectivity index (χ2n) is 7.89. The number of aryl methyl sites for hydroxylation is 2. The number of amides is 1. The molecule has 0 bridgehead atoms. The van der Waals surface area contributed by atoms with Crippen LogP contribution in [0.3, 0.4) is 0 Å². The van der Waals surface area contributed by atoms with Crippen molar-refractivity contribution in [1.29, 1.82) is 0 Å². The van der Waals surface area contributed by atoms with Crippen LogP contribution in [0.2, 0.25) is 0 Å². The molecule has 1 aliphatic rings. The summed E-state index contributed by atoms with van der Waals surface area (Å²) in [4.78, 5) is 17.5. The number of hydrogen-bond acceptors (Lipinski definition) is 5. The summed E-state index contributed by atoms with van der Waals surface area (Å²) in [5, 5.41) is 3.70. The van der Waals surface area contributed by atoms with E-state index >= 15 is 0 Å². The fourth-order valence-electron chi connectivity index (χ4n) is 3.67. The lowest BCUT2D eigenvalue weighted by atomic mass is 10.1. The van der Waals surface area contributed by atoms with E-state index in [1.165, 1.54) is 11.8 Å². The predicted octanol–water partition coefficient (Wildman–Crippen LogP) is 5.62. The van der Waals surface area contributed by atoms with Gasteiger partial charge in [0.15, 0.2) is 16.7 Å². The minimum Gasteiger partial charge on any atom is -0.454 e. The number of carbonyl (C=O) groups is 1. The summed E-state index contributed by atoms with van der Waals surface area (Å²) in [6.07, 6.45) is 1.99. The third-order valence-corrected chi connectivity index (χ3v) is 6.21. The van der Waals surface area contributed by atoms with Crippen LogP contribution >= 0.6 is 11.8 Å². The molecule has 4 aromatic rings. The van der Waals surface area contributed by atoms with Gasteiger partial charge in [-0.25, -0.2) is 4.98 Å². The fraction of sp³-hybridized carbons (Fsp3) is 0.154. The molecule has 166 valence electrons. The molecule has 0 saturated heterocycles. The lowest BCUT2D eigenvalue weighted by Gasteiger charge is -2.09. The van der Waals surface area contributed by atoms with Crippen molar-refractivity contribution in [2.24, 2.45) is 0 Å². The smallest absolute Gasteiger partial charge is 0.234 e. The number of ether oxygens (including phenoxy) is 2. The zero-order valence-electron chi connectivity index (χ0n) is 18.4. The molecule has 1 aliphatic heterocycles. The molecule has 3 aromatic carbocycles. The zero-order valence-corrected chi connectivity index (χ0v) is 19.2. The van der Waals surface area contributed by atoms with Gasteiger partial charge in [0.2, 0.25) is 12.7 Å². The Morgan fingerprint density at radius 2 is 1.79 bits per heavy atom. The Hall–Kier alpha value is -3.71. The number of nitrogens with one attached hydrogen (secondary N) is 1. The molecule has 0 atom stereocenters. The maximum Gasteiger partial charge on any atom is 0.234 e. The topological polar surface area (TPSA) is 65.4 Å². The second kappa shape index (κ2) is 9.03. The largest absolute Gasteiger partial charge is 0.454 e. The van der Waals surface area contributed by atoms with Crippen LogP contribution in [0.15, 0.2) is 78.1 Å². The quantitative estimate of drug-likeness (QED) is 0.381. The Morgan fingerprint density at radius 3 is 2.61 bits per heavy atom. The van der Waals surface area contributed by atoms with Crippen molar-refractivity contribution in [3.05, 3.63) is 84.1 Å². The SMILES string of the molecule is Cc1cccc(NC(=O)CSc2nc(-c3ccc4c(c3)OCO4)cn2-c2cccc(C)c2)c1. The predicted molar refractivity (Wildman–Crippen MR) is 130 cm³/mol. The lowest BCUT2D eigenvalue weighted by Crippen LogP contribution is -2.14. The van der Waals surface area contributed by atoms with Gasteiger partial charge in [0.05, 0.1) is 11.4 Å². The molecule has 1 aromatic heterocycles. The van der Waals surface area contributed by atoms with Crippen molar-refractivity contribution in [3.8, 4) is 28.4 Å². The zero-order chi connectivity index (χ0) is 22.8. The average Bonchev–Trinajstić information content (AvgIpc) is 3.44. The van der Waals surface area contributed by atoms with Gasteiger partial charge in [-0.05, 0) is 67.4 Å². The van der Waals surface area contributed by atoms with Gasteiger partial charge >= 0.3 is 0 Å². The summed E-state index contributed by atoms with van der Waals surface area (Å²) in [7, 11) is 0. The number of aromatic nitrogens is 2. The van der Waals surface area contributed by atoms with Crippen molar-refractivity contribution in [3.63, 3.8) is 0 Å². The maximum atomic E-state index is 12.6. The molecule has 0 spiro atoms. The van der Waals surface area contributed by atoms with E-state index in [1.54, 1.807) is 0 Å². The first-order valence-corrected chi connectivity index (χ1v) is 11.6. The van der Waals surface area contributed by atoms with Gasteiger partial charge in [-0.3, -0.25) is 9.36 Å². The number of anilines is 1. The van der Waals surface area contributed by atoms with E-state index < -0.39 is 0 Å². The molecule has 0 radical (unpaired) electrons. The van der Waals surface area contributed by atoms with E-state index in [0.717, 1.165) is 44.7 Å². The van der Waals surface area contributed by atoms with Crippen LogP contribution < -0.4 is 14.8 Å². The van der Waals surface area contributed by atoms with Gasteiger partial charge in [0, 0.05) is 23.1 Å². The molecule has 7 heteroatoms. The van der Waals surface area contributed by atoms with Gasteiger partial charge < -0.3 is 14.8 Å². The highest BCUT2D eigenvalue weighted by Gasteiger charge is 2.18. The number of fused-ring (bicyclic) bond motifs is 1. The van der Waals surface area contributed by atoms with Crippen LogP contribution in [0, 0.1) is 13.8 Å². The molecule has 0 saturated carbocycles. The molecule has 6 nitrogen and oxygen atoms in total. The summed E-state index contributed by atoms with van der Waals surface area (Å²) in [5.41, 5.74) is 5.77. The summed E-state index contributed by atoms with van der Waals surface area (Å²) >= 11 is 1.40. The number of thioether (sulfide) groups is 1. The lowest BCUT2D eigenvalue weighted by molar-refractivity contribution is -0.113. The van der Waals surface area contributed by atoms with Crippen molar-refractivity contribution < 1.29 is 14.3 Å². The van der Waals surface area contributed by atoms with Crippen LogP contribution in [0.1, 0.15) is 11.1 Å². The standard InChI is InChI=1S/C26H23N3O3S/c1-17-5-3-7-20(11-17)27-25(30)15-33-26-28-22(14-29(26)21-8-4-6-18(2)12-21)19-9-10-23-24(13-19)32-16-31-23/h3-14H,15-16H2,1-2H3,(H,27,30). The molecule has 2 heterocycles. The Labute approximate surface area is 196 Å². The summed E-state index contributed by atoms with van der Waals surface area (Å²) in [6.45, 7) is 4.29. The molecule has 0 fully saturated rings. The van der Waals surface area contributed by atoms with Gasteiger partial charge in [-0.1, -0.05) is 36.0 Å². The highest BCUT2D eigenvalue weighted by Crippen LogP contribution is 2.36. The van der Waals surface area contributed by atoms with Gasteiger partial charge in [-0.2, -0.15) is 0 Å². The highest BCUT2D eigenvalue weighted by molar-refractivity contribution is 7.99. The molecule has 0 aliphatic carbocycles. The van der Waals surface area contributed by atoms with E-state index in [-0.39, 0.29) is 18.5 Å². The van der Waals surface area contributed by atoms with E-state index in [1.807, 2.05) is 72.3 Å². The number of imidazole rings is 1. The van der Waals surface area contributed by atoms with Crippen molar-refractivity contribution >= 4 is 23.4 Å². The Morgan fingerprint density at radius 1 is 1.00 bits per heavy atom. The minimum atomic E-state index is -0.0750. The van der Waals surface area contributed by atoms with Crippen molar-refractivity contribution in [2.45, 2.75) is 19.0 Å². The monoisotopic (exact) mass is 457 g/mol. The number of carbonyl (C=O) groups excluding carboxylic acids is 1. The Kier molecular flexibility index (Phi) is 5.79. The number of benzene rings is 3. The molecule has 5 rings (SSSR count). The van der Waals surface area contributed by atoms with Gasteiger partial charge in [0.25, 0.3) is 0 Å². The fourth-order valence-corrected chi connectivity index (χ4v) is 4.47. The molecule has 0 unspecified atom stereocenters. The van der Waals surface area contributed by atoms with Crippen LogP contribution in [0.5, 0.6) is 11.5 Å². The first-order valence-electron chi connectivity index (χ1n) is 10.6. The van der Waals surface area contributed by atoms with E-state index in [9.17, 15) is 4.79 Å². The first-order chi connectivity index (χ1) is 16.0. The van der Waals surface area contributed by atoms with Gasteiger partial charge in [-0.15, -0.1) is 0 Å². The highest BCUT2D eigenvalue weighted by atomic mass is 32.2.